The van der Waals surface area contributed by atoms with E-state index in [1.807, 2.05) is 0 Å². The maximum Gasteiger partial charge on any atom is 0.269 e. The van der Waals surface area contributed by atoms with Gasteiger partial charge in [0.1, 0.15) is 0 Å². The molecule has 0 aliphatic heterocycles. The monoisotopic (exact) mass is 286 g/mol. The van der Waals surface area contributed by atoms with E-state index in [2.05, 4.69) is 4.72 Å². The Morgan fingerprint density at radius 1 is 1.37 bits per heavy atom. The molecule has 1 saturated carbocycles. The number of rotatable bonds is 6. The van der Waals surface area contributed by atoms with Crippen LogP contribution in [0.5, 0.6) is 0 Å². The lowest BCUT2D eigenvalue weighted by atomic mass is 10.2. The van der Waals surface area contributed by atoms with Crippen LogP contribution in [0.1, 0.15) is 12.8 Å². The van der Waals surface area contributed by atoms with Gasteiger partial charge in [-0.1, -0.05) is 0 Å². The number of nitro benzene ring substituents is 1. The van der Waals surface area contributed by atoms with Crippen LogP contribution in [-0.4, -0.2) is 31.1 Å². The van der Waals surface area contributed by atoms with Crippen LogP contribution in [0.4, 0.5) is 5.69 Å². The minimum absolute atomic E-state index is 0.0377. The molecule has 1 atom stereocenters. The molecule has 104 valence electrons. The lowest BCUT2D eigenvalue weighted by Crippen LogP contribution is -2.33. The first-order chi connectivity index (χ1) is 8.90. The topological polar surface area (TPSA) is 110 Å². The van der Waals surface area contributed by atoms with Gasteiger partial charge in [-0.15, -0.1) is 0 Å². The van der Waals surface area contributed by atoms with Crippen LogP contribution >= 0.6 is 0 Å². The second kappa shape index (κ2) is 5.24. The van der Waals surface area contributed by atoms with Gasteiger partial charge in [0, 0.05) is 18.7 Å². The summed E-state index contributed by atoms with van der Waals surface area (Å²) in [5.41, 5.74) is -0.169. The van der Waals surface area contributed by atoms with Crippen molar-refractivity contribution in [1.29, 1.82) is 0 Å². The normalized spacial score (nSPS) is 17.1. The van der Waals surface area contributed by atoms with E-state index >= 15 is 0 Å². The van der Waals surface area contributed by atoms with E-state index in [-0.39, 0.29) is 23.0 Å². The molecule has 0 amide bonds. The maximum atomic E-state index is 11.9. The highest BCUT2D eigenvalue weighted by Gasteiger charge is 2.30. The predicted molar refractivity (Wildman–Crippen MR) is 67.0 cm³/mol. The van der Waals surface area contributed by atoms with Crippen molar-refractivity contribution in [2.24, 2.45) is 5.92 Å². The van der Waals surface area contributed by atoms with E-state index in [9.17, 15) is 23.6 Å². The second-order valence-electron chi connectivity index (χ2n) is 4.51. The number of non-ortho nitro benzene ring substituents is 1. The SMILES string of the molecule is O=[N+]([O-])c1ccc(S(=O)(=O)NCC(O)C2CC2)cc1. The van der Waals surface area contributed by atoms with Crippen molar-refractivity contribution >= 4 is 15.7 Å². The third-order valence-corrected chi connectivity index (χ3v) is 4.45. The fourth-order valence-corrected chi connectivity index (χ4v) is 2.72. The van der Waals surface area contributed by atoms with Gasteiger partial charge in [-0.3, -0.25) is 10.1 Å². The van der Waals surface area contributed by atoms with Crippen LogP contribution in [0, 0.1) is 16.0 Å². The summed E-state index contributed by atoms with van der Waals surface area (Å²) in [5, 5.41) is 20.1. The number of aliphatic hydroxyl groups is 1. The molecule has 1 fully saturated rings. The van der Waals surface area contributed by atoms with Gasteiger partial charge < -0.3 is 5.11 Å². The third-order valence-electron chi connectivity index (χ3n) is 3.01. The highest BCUT2D eigenvalue weighted by Crippen LogP contribution is 2.32. The molecule has 0 bridgehead atoms. The van der Waals surface area contributed by atoms with E-state index in [0.29, 0.717) is 0 Å². The number of nitro groups is 1. The standard InChI is InChI=1S/C11H14N2O5S/c14-11(8-1-2-8)7-12-19(17,18)10-5-3-9(4-6-10)13(15)16/h3-6,8,11-12,14H,1-2,7H2. The summed E-state index contributed by atoms with van der Waals surface area (Å²) >= 11 is 0. The Balaban J connectivity index is 2.03. The van der Waals surface area contributed by atoms with Gasteiger partial charge >= 0.3 is 0 Å². The van der Waals surface area contributed by atoms with E-state index in [0.717, 1.165) is 25.0 Å². The van der Waals surface area contributed by atoms with Gasteiger partial charge in [0.2, 0.25) is 10.0 Å². The van der Waals surface area contributed by atoms with Crippen molar-refractivity contribution in [2.75, 3.05) is 6.54 Å². The average Bonchev–Trinajstić information content (AvgIpc) is 3.20. The molecular weight excluding hydrogens is 272 g/mol. The van der Waals surface area contributed by atoms with Crippen molar-refractivity contribution in [2.45, 2.75) is 23.8 Å². The van der Waals surface area contributed by atoms with Crippen LogP contribution in [-0.2, 0) is 10.0 Å². The van der Waals surface area contributed by atoms with Crippen molar-refractivity contribution in [3.8, 4) is 0 Å². The first-order valence-electron chi connectivity index (χ1n) is 5.82. The fourth-order valence-electron chi connectivity index (χ4n) is 1.67. The van der Waals surface area contributed by atoms with Crippen molar-refractivity contribution in [3.05, 3.63) is 34.4 Å². The van der Waals surface area contributed by atoms with Gasteiger partial charge in [0.05, 0.1) is 15.9 Å². The fraction of sp³-hybridized carbons (Fsp3) is 0.455. The highest BCUT2D eigenvalue weighted by atomic mass is 32.2. The van der Waals surface area contributed by atoms with E-state index in [1.54, 1.807) is 0 Å². The first-order valence-corrected chi connectivity index (χ1v) is 7.30. The summed E-state index contributed by atoms with van der Waals surface area (Å²) in [5.74, 6) is 0.180. The molecule has 0 heterocycles. The molecule has 2 rings (SSSR count). The molecule has 1 aromatic rings. The zero-order valence-corrected chi connectivity index (χ0v) is 10.8. The van der Waals surface area contributed by atoms with Crippen molar-refractivity contribution < 1.29 is 18.4 Å². The molecule has 2 N–H and O–H groups in total. The zero-order chi connectivity index (χ0) is 14.0. The minimum Gasteiger partial charge on any atom is -0.391 e. The van der Waals surface area contributed by atoms with E-state index in [4.69, 9.17) is 0 Å². The number of hydrogen-bond donors (Lipinski definition) is 2. The summed E-state index contributed by atoms with van der Waals surface area (Å²) in [4.78, 5) is 9.82. The largest absolute Gasteiger partial charge is 0.391 e. The van der Waals surface area contributed by atoms with Crippen LogP contribution < -0.4 is 4.72 Å². The molecule has 19 heavy (non-hydrogen) atoms. The first kappa shape index (κ1) is 13.9. The van der Waals surface area contributed by atoms with E-state index < -0.39 is 21.1 Å². The Bertz CT molecular complexity index is 565. The molecule has 0 aromatic heterocycles. The molecule has 0 spiro atoms. The molecule has 7 nitrogen and oxygen atoms in total. The highest BCUT2D eigenvalue weighted by molar-refractivity contribution is 7.89. The van der Waals surface area contributed by atoms with Crippen LogP contribution in [0.15, 0.2) is 29.2 Å². The van der Waals surface area contributed by atoms with E-state index in [1.165, 1.54) is 12.1 Å². The Hall–Kier alpha value is -1.51. The second-order valence-corrected chi connectivity index (χ2v) is 6.27. The van der Waals surface area contributed by atoms with Gasteiger partial charge in [-0.2, -0.15) is 0 Å². The maximum absolute atomic E-state index is 11.9. The Kier molecular flexibility index (Phi) is 3.83. The molecule has 1 aliphatic carbocycles. The summed E-state index contributed by atoms with van der Waals surface area (Å²) in [6.07, 6.45) is 1.16. The Labute approximate surface area is 110 Å². The van der Waals surface area contributed by atoms with Gasteiger partial charge in [0.25, 0.3) is 5.69 Å². The molecular formula is C11H14N2O5S. The quantitative estimate of drug-likeness (QED) is 0.589. The summed E-state index contributed by atoms with van der Waals surface area (Å²) in [6, 6.07) is 4.60. The van der Waals surface area contributed by atoms with Crippen LogP contribution in [0.25, 0.3) is 0 Å². The average molecular weight is 286 g/mol. The molecule has 1 aromatic carbocycles. The van der Waals surface area contributed by atoms with Crippen molar-refractivity contribution in [3.63, 3.8) is 0 Å². The predicted octanol–water partition coefficient (Wildman–Crippen LogP) is 0.644. The van der Waals surface area contributed by atoms with Gasteiger partial charge in [-0.05, 0) is 30.9 Å². The van der Waals surface area contributed by atoms with Crippen LogP contribution in [0.3, 0.4) is 0 Å². The Morgan fingerprint density at radius 3 is 2.42 bits per heavy atom. The zero-order valence-electron chi connectivity index (χ0n) is 10.0. The van der Waals surface area contributed by atoms with Gasteiger partial charge in [0.15, 0.2) is 0 Å². The number of aliphatic hydroxyl groups excluding tert-OH is 1. The molecule has 0 saturated heterocycles. The van der Waals surface area contributed by atoms with Crippen molar-refractivity contribution in [1.82, 2.24) is 4.72 Å². The number of nitrogens with one attached hydrogen (secondary N) is 1. The summed E-state index contributed by atoms with van der Waals surface area (Å²) in [6.45, 7) is -0.0377. The number of benzene rings is 1. The summed E-state index contributed by atoms with van der Waals surface area (Å²) in [7, 11) is -3.74. The lowest BCUT2D eigenvalue weighted by Gasteiger charge is -2.11. The number of nitrogens with zero attached hydrogens (tertiary/aromatic N) is 1. The summed E-state index contributed by atoms with van der Waals surface area (Å²) < 4.78 is 26.0. The molecule has 1 aliphatic rings. The van der Waals surface area contributed by atoms with Gasteiger partial charge in [-0.25, -0.2) is 13.1 Å². The molecule has 0 radical (unpaired) electrons. The number of hydrogen-bond acceptors (Lipinski definition) is 5. The molecule has 1 unspecified atom stereocenters. The minimum atomic E-state index is -3.74. The Morgan fingerprint density at radius 2 is 1.95 bits per heavy atom. The smallest absolute Gasteiger partial charge is 0.269 e. The lowest BCUT2D eigenvalue weighted by molar-refractivity contribution is -0.384. The van der Waals surface area contributed by atoms with Crippen LogP contribution in [0.2, 0.25) is 0 Å². The number of sulfonamides is 1. The molecule has 8 heteroatoms. The third kappa shape index (κ3) is 3.49.